The van der Waals surface area contributed by atoms with Gasteiger partial charge >= 0.3 is 0 Å². The largest absolute Gasteiger partial charge is 0.335 e. The van der Waals surface area contributed by atoms with E-state index >= 15 is 0 Å². The summed E-state index contributed by atoms with van der Waals surface area (Å²) >= 11 is 6.02. The first-order valence-corrected chi connectivity index (χ1v) is 13.8. The van der Waals surface area contributed by atoms with Crippen LogP contribution in [0.5, 0.6) is 0 Å². The Morgan fingerprint density at radius 2 is 1.68 bits per heavy atom. The highest BCUT2D eigenvalue weighted by Gasteiger charge is 2.45. The summed E-state index contributed by atoms with van der Waals surface area (Å²) in [6, 6.07) is 14.0. The number of halogens is 3. The molecule has 1 N–H and O–H groups in total. The number of aryl methyl sites for hydroxylation is 1. The monoisotopic (exact) mass is 508 g/mol. The quantitative estimate of drug-likeness (QED) is 0.465. The molecule has 2 aromatic rings. The zero-order valence-corrected chi connectivity index (χ0v) is 20.9. The van der Waals surface area contributed by atoms with Gasteiger partial charge in [0.15, 0.2) is 0 Å². The summed E-state index contributed by atoms with van der Waals surface area (Å²) in [4.78, 5) is 16.1. The van der Waals surface area contributed by atoms with Gasteiger partial charge in [-0.2, -0.15) is 0 Å². The molecule has 0 aromatic heterocycles. The SMILES string of the molecule is Cc1ccc([S@](=N)(=O)[C@@H]2CCC[C@H]2C(=O)N(Cc2ccc(Cl)cc2)C2CCC(F)(F)CC2)cc1. The fourth-order valence-corrected chi connectivity index (χ4v) is 7.47. The Morgan fingerprint density at radius 3 is 2.29 bits per heavy atom. The zero-order valence-electron chi connectivity index (χ0n) is 19.3. The molecule has 0 heterocycles. The minimum Gasteiger partial charge on any atom is -0.335 e. The second-order valence-corrected chi connectivity index (χ2v) is 12.4. The van der Waals surface area contributed by atoms with Gasteiger partial charge in [-0.05, 0) is 62.4 Å². The van der Waals surface area contributed by atoms with Crippen LogP contribution in [-0.2, 0) is 21.1 Å². The average Bonchev–Trinajstić information content (AvgIpc) is 3.30. The molecular formula is C26H31ClF2N2O2S. The number of nitrogens with zero attached hydrogens (tertiary/aromatic N) is 1. The van der Waals surface area contributed by atoms with Crippen LogP contribution < -0.4 is 0 Å². The summed E-state index contributed by atoms with van der Waals surface area (Å²) in [5.41, 5.74) is 1.89. The van der Waals surface area contributed by atoms with Crippen molar-refractivity contribution in [2.75, 3.05) is 0 Å². The molecule has 2 aromatic carbocycles. The van der Waals surface area contributed by atoms with E-state index in [1.807, 2.05) is 31.2 Å². The van der Waals surface area contributed by atoms with E-state index in [4.69, 9.17) is 16.4 Å². The van der Waals surface area contributed by atoms with E-state index in [1.54, 1.807) is 29.2 Å². The normalized spacial score (nSPS) is 24.5. The second kappa shape index (κ2) is 9.94. The molecule has 0 unspecified atom stereocenters. The zero-order chi connectivity index (χ0) is 24.5. The number of alkyl halides is 2. The van der Waals surface area contributed by atoms with Gasteiger partial charge in [0.05, 0.1) is 20.9 Å². The molecule has 34 heavy (non-hydrogen) atoms. The number of hydrogen-bond acceptors (Lipinski definition) is 3. The highest BCUT2D eigenvalue weighted by atomic mass is 35.5. The van der Waals surface area contributed by atoms with Crippen LogP contribution in [0.2, 0.25) is 5.02 Å². The van der Waals surface area contributed by atoms with E-state index in [1.165, 1.54) is 0 Å². The Morgan fingerprint density at radius 1 is 1.06 bits per heavy atom. The van der Waals surface area contributed by atoms with Gasteiger partial charge in [-0.15, -0.1) is 0 Å². The molecule has 0 spiro atoms. The van der Waals surface area contributed by atoms with E-state index in [0.29, 0.717) is 29.3 Å². The average molecular weight is 509 g/mol. The molecule has 8 heteroatoms. The van der Waals surface area contributed by atoms with Crippen molar-refractivity contribution in [1.82, 2.24) is 4.90 Å². The number of amides is 1. The van der Waals surface area contributed by atoms with Crippen LogP contribution >= 0.6 is 11.6 Å². The lowest BCUT2D eigenvalue weighted by molar-refractivity contribution is -0.141. The highest BCUT2D eigenvalue weighted by molar-refractivity contribution is 7.93. The van der Waals surface area contributed by atoms with Crippen LogP contribution in [0.3, 0.4) is 0 Å². The van der Waals surface area contributed by atoms with Crippen LogP contribution in [0.1, 0.15) is 56.1 Å². The number of carbonyl (C=O) groups excluding carboxylic acids is 1. The maximum Gasteiger partial charge on any atom is 0.248 e. The molecule has 2 saturated carbocycles. The number of rotatable bonds is 6. The van der Waals surface area contributed by atoms with Gasteiger partial charge in [0.1, 0.15) is 0 Å². The van der Waals surface area contributed by atoms with Gasteiger partial charge in [-0.3, -0.25) is 4.79 Å². The molecule has 184 valence electrons. The van der Waals surface area contributed by atoms with E-state index in [2.05, 4.69) is 0 Å². The van der Waals surface area contributed by atoms with Crippen LogP contribution in [-0.4, -0.2) is 32.2 Å². The Kier molecular flexibility index (Phi) is 7.34. The number of carbonyl (C=O) groups is 1. The van der Waals surface area contributed by atoms with Crippen molar-refractivity contribution in [3.8, 4) is 0 Å². The third kappa shape index (κ3) is 5.46. The summed E-state index contributed by atoms with van der Waals surface area (Å²) in [6.07, 6.45) is 1.81. The Balaban J connectivity index is 1.61. The van der Waals surface area contributed by atoms with Crippen molar-refractivity contribution >= 4 is 27.2 Å². The molecule has 4 nitrogen and oxygen atoms in total. The van der Waals surface area contributed by atoms with Crippen LogP contribution in [0.4, 0.5) is 8.78 Å². The molecular weight excluding hydrogens is 478 g/mol. The first-order valence-electron chi connectivity index (χ1n) is 11.8. The summed E-state index contributed by atoms with van der Waals surface area (Å²) in [6.45, 7) is 2.22. The van der Waals surface area contributed by atoms with Crippen molar-refractivity contribution in [2.24, 2.45) is 5.92 Å². The van der Waals surface area contributed by atoms with Gasteiger partial charge in [0.25, 0.3) is 0 Å². The van der Waals surface area contributed by atoms with Gasteiger partial charge in [-0.1, -0.05) is 47.9 Å². The number of hydrogen-bond donors (Lipinski definition) is 1. The summed E-state index contributed by atoms with van der Waals surface area (Å²) < 4.78 is 50.2. The van der Waals surface area contributed by atoms with E-state index in [9.17, 15) is 17.8 Å². The molecule has 2 fully saturated rings. The fourth-order valence-electron chi connectivity index (χ4n) is 5.24. The third-order valence-electron chi connectivity index (χ3n) is 7.24. The van der Waals surface area contributed by atoms with Crippen LogP contribution in [0.25, 0.3) is 0 Å². The van der Waals surface area contributed by atoms with Gasteiger partial charge in [-0.25, -0.2) is 17.8 Å². The number of nitrogens with one attached hydrogen (secondary N) is 1. The minimum absolute atomic E-state index is 0.167. The van der Waals surface area contributed by atoms with Crippen molar-refractivity contribution in [3.05, 3.63) is 64.7 Å². The lowest BCUT2D eigenvalue weighted by Gasteiger charge is -2.39. The van der Waals surface area contributed by atoms with Gasteiger partial charge in [0, 0.05) is 35.3 Å². The molecule has 0 aliphatic heterocycles. The van der Waals surface area contributed by atoms with Crippen molar-refractivity contribution in [3.63, 3.8) is 0 Å². The minimum atomic E-state index is -3.20. The first kappa shape index (κ1) is 25.1. The topological polar surface area (TPSA) is 61.2 Å². The standard InChI is InChI=1S/C26H31ClF2N2O2S/c1-18-5-11-22(12-6-18)34(30,33)24-4-2-3-23(24)25(32)31(17-19-7-9-20(27)10-8-19)21-13-15-26(28,29)16-14-21/h5-12,21,23-24,30H,2-4,13-17H2,1H3/t23-,24-,34+/m1/s1. The van der Waals surface area contributed by atoms with E-state index in [0.717, 1.165) is 17.5 Å². The van der Waals surface area contributed by atoms with Crippen molar-refractivity contribution < 1.29 is 17.8 Å². The van der Waals surface area contributed by atoms with Crippen molar-refractivity contribution in [2.45, 2.75) is 80.5 Å². The molecule has 4 rings (SSSR count). The fraction of sp³-hybridized carbons (Fsp3) is 0.500. The Bertz CT molecular complexity index is 1110. The molecule has 0 radical (unpaired) electrons. The second-order valence-electron chi connectivity index (χ2n) is 9.67. The number of benzene rings is 2. The lowest BCUT2D eigenvalue weighted by Crippen LogP contribution is -2.48. The van der Waals surface area contributed by atoms with E-state index < -0.39 is 26.8 Å². The highest BCUT2D eigenvalue weighted by Crippen LogP contribution is 2.40. The maximum atomic E-state index is 13.9. The molecule has 3 atom stereocenters. The van der Waals surface area contributed by atoms with Gasteiger partial charge in [0.2, 0.25) is 11.8 Å². The molecule has 2 aliphatic rings. The maximum absolute atomic E-state index is 13.9. The lowest BCUT2D eigenvalue weighted by atomic mass is 9.90. The van der Waals surface area contributed by atoms with E-state index in [-0.39, 0.29) is 37.6 Å². The first-order chi connectivity index (χ1) is 16.1. The Labute approximate surface area is 205 Å². The molecule has 1 amide bonds. The predicted molar refractivity (Wildman–Crippen MR) is 131 cm³/mol. The smallest absolute Gasteiger partial charge is 0.248 e. The summed E-state index contributed by atoms with van der Waals surface area (Å²) in [5, 5.41) is 0.00212. The van der Waals surface area contributed by atoms with Gasteiger partial charge < -0.3 is 4.90 Å². The molecule has 0 bridgehead atoms. The van der Waals surface area contributed by atoms with Crippen molar-refractivity contribution in [1.29, 1.82) is 4.78 Å². The third-order valence-corrected chi connectivity index (χ3v) is 9.89. The Hall–Kier alpha value is -1.99. The molecule has 0 saturated heterocycles. The summed E-state index contributed by atoms with van der Waals surface area (Å²) in [7, 11) is -3.20. The van der Waals surface area contributed by atoms with Crippen LogP contribution in [0.15, 0.2) is 53.4 Å². The molecule has 2 aliphatic carbocycles. The summed E-state index contributed by atoms with van der Waals surface area (Å²) in [5.74, 6) is -3.41. The van der Waals surface area contributed by atoms with Crippen LogP contribution in [0, 0.1) is 17.6 Å². The predicted octanol–water partition coefficient (Wildman–Crippen LogP) is 6.83.